The standard InChI is InChI=1S/C24H25N5O2/c30-24(28-9-11-31-12-10-28)20-15-26-29-8-7-17(13-22(20)29)19-14-25-23-18(19)5-6-21(27-23)16-3-1-2-4-16/h5-8,13-16H,1-4,9-12H2,(H,25,27). The van der Waals surface area contributed by atoms with Gasteiger partial charge in [-0.05, 0) is 42.7 Å². The largest absolute Gasteiger partial charge is 0.378 e. The predicted molar refractivity (Wildman–Crippen MR) is 118 cm³/mol. The molecule has 1 saturated carbocycles. The number of pyridine rings is 2. The highest BCUT2D eigenvalue weighted by Gasteiger charge is 2.23. The summed E-state index contributed by atoms with van der Waals surface area (Å²) in [5.74, 6) is 0.602. The Hall–Kier alpha value is -3.19. The number of carbonyl (C=O) groups excluding carboxylic acids is 1. The normalized spacial score (nSPS) is 17.7. The molecule has 158 valence electrons. The molecule has 7 heteroatoms. The molecule has 4 aromatic rings. The highest BCUT2D eigenvalue weighted by Crippen LogP contribution is 2.35. The number of nitrogens with one attached hydrogen (secondary N) is 1. The van der Waals surface area contributed by atoms with Gasteiger partial charge in [-0.25, -0.2) is 9.50 Å². The highest BCUT2D eigenvalue weighted by molar-refractivity contribution is 6.02. The molecule has 2 aliphatic rings. The first-order chi connectivity index (χ1) is 15.3. The predicted octanol–water partition coefficient (Wildman–Crippen LogP) is 4.01. The molecule has 0 radical (unpaired) electrons. The number of hydrogen-bond acceptors (Lipinski definition) is 4. The van der Waals surface area contributed by atoms with E-state index < -0.39 is 0 Å². The molecule has 6 rings (SSSR count). The van der Waals surface area contributed by atoms with E-state index in [1.165, 1.54) is 31.4 Å². The Labute approximate surface area is 180 Å². The molecule has 5 heterocycles. The second-order valence-corrected chi connectivity index (χ2v) is 8.52. The third kappa shape index (κ3) is 3.20. The van der Waals surface area contributed by atoms with E-state index in [1.54, 1.807) is 10.7 Å². The maximum absolute atomic E-state index is 13.0. The maximum atomic E-state index is 13.0. The lowest BCUT2D eigenvalue weighted by atomic mass is 10.0. The number of aromatic nitrogens is 4. The van der Waals surface area contributed by atoms with Crippen molar-refractivity contribution in [1.82, 2.24) is 24.5 Å². The summed E-state index contributed by atoms with van der Waals surface area (Å²) in [5.41, 5.74) is 5.71. The van der Waals surface area contributed by atoms with E-state index in [1.807, 2.05) is 29.4 Å². The molecule has 0 bridgehead atoms. The summed E-state index contributed by atoms with van der Waals surface area (Å²) in [4.78, 5) is 23.2. The van der Waals surface area contributed by atoms with E-state index in [0.717, 1.165) is 27.7 Å². The van der Waals surface area contributed by atoms with E-state index in [2.05, 4.69) is 22.2 Å². The number of nitrogens with zero attached hydrogens (tertiary/aromatic N) is 4. The van der Waals surface area contributed by atoms with Gasteiger partial charge in [-0.2, -0.15) is 5.10 Å². The van der Waals surface area contributed by atoms with Crippen LogP contribution < -0.4 is 0 Å². The van der Waals surface area contributed by atoms with Crippen molar-refractivity contribution in [3.05, 3.63) is 54.1 Å². The number of amides is 1. The van der Waals surface area contributed by atoms with Crippen molar-refractivity contribution in [3.8, 4) is 11.1 Å². The number of rotatable bonds is 3. The minimum Gasteiger partial charge on any atom is -0.378 e. The lowest BCUT2D eigenvalue weighted by Gasteiger charge is -2.26. The Morgan fingerprint density at radius 2 is 1.97 bits per heavy atom. The zero-order valence-corrected chi connectivity index (χ0v) is 17.4. The third-order valence-electron chi connectivity index (χ3n) is 6.69. The fourth-order valence-corrected chi connectivity index (χ4v) is 4.96. The molecule has 31 heavy (non-hydrogen) atoms. The van der Waals surface area contributed by atoms with Gasteiger partial charge in [-0.1, -0.05) is 12.8 Å². The first-order valence-electron chi connectivity index (χ1n) is 11.1. The van der Waals surface area contributed by atoms with Gasteiger partial charge in [0.1, 0.15) is 5.65 Å². The molecule has 2 fully saturated rings. The lowest BCUT2D eigenvalue weighted by Crippen LogP contribution is -2.40. The van der Waals surface area contributed by atoms with Gasteiger partial charge >= 0.3 is 0 Å². The van der Waals surface area contributed by atoms with Crippen LogP contribution in [0.3, 0.4) is 0 Å². The second kappa shape index (κ2) is 7.50. The van der Waals surface area contributed by atoms with Gasteiger partial charge in [-0.3, -0.25) is 4.79 Å². The lowest BCUT2D eigenvalue weighted by molar-refractivity contribution is 0.0304. The van der Waals surface area contributed by atoms with Crippen molar-refractivity contribution in [1.29, 1.82) is 0 Å². The summed E-state index contributed by atoms with van der Waals surface area (Å²) < 4.78 is 7.15. The molecule has 4 aromatic heterocycles. The Morgan fingerprint density at radius 3 is 2.81 bits per heavy atom. The molecular formula is C24H25N5O2. The van der Waals surface area contributed by atoms with Gasteiger partial charge in [0.2, 0.25) is 0 Å². The van der Waals surface area contributed by atoms with Gasteiger partial charge in [0, 0.05) is 48.0 Å². The summed E-state index contributed by atoms with van der Waals surface area (Å²) in [6.07, 6.45) is 10.7. The molecule has 1 aliphatic heterocycles. The fourth-order valence-electron chi connectivity index (χ4n) is 4.96. The number of H-pyrrole nitrogens is 1. The third-order valence-corrected chi connectivity index (χ3v) is 6.69. The van der Waals surface area contributed by atoms with E-state index >= 15 is 0 Å². The quantitative estimate of drug-likeness (QED) is 0.549. The molecule has 7 nitrogen and oxygen atoms in total. The average molecular weight is 415 g/mol. The Kier molecular flexibility index (Phi) is 4.49. The van der Waals surface area contributed by atoms with Crippen molar-refractivity contribution in [2.24, 2.45) is 0 Å². The van der Waals surface area contributed by atoms with Gasteiger partial charge in [-0.15, -0.1) is 0 Å². The molecule has 1 saturated heterocycles. The molecule has 1 aliphatic carbocycles. The SMILES string of the molecule is O=C(c1cnn2ccc(-c3c[nH]c4nc(C5CCCC5)ccc34)cc12)N1CCOCC1. The van der Waals surface area contributed by atoms with Crippen molar-refractivity contribution in [2.45, 2.75) is 31.6 Å². The first-order valence-corrected chi connectivity index (χ1v) is 11.1. The van der Waals surface area contributed by atoms with E-state index in [0.29, 0.717) is 37.8 Å². The Balaban J connectivity index is 1.37. The molecule has 0 aromatic carbocycles. The Morgan fingerprint density at radius 1 is 1.13 bits per heavy atom. The monoisotopic (exact) mass is 415 g/mol. The topological polar surface area (TPSA) is 75.5 Å². The molecule has 1 amide bonds. The second-order valence-electron chi connectivity index (χ2n) is 8.52. The van der Waals surface area contributed by atoms with Crippen LogP contribution in [0.5, 0.6) is 0 Å². The van der Waals surface area contributed by atoms with Gasteiger partial charge in [0.15, 0.2) is 0 Å². The van der Waals surface area contributed by atoms with Crippen LogP contribution in [0.4, 0.5) is 0 Å². The summed E-state index contributed by atoms with van der Waals surface area (Å²) >= 11 is 0. The van der Waals surface area contributed by atoms with E-state index in [-0.39, 0.29) is 5.91 Å². The van der Waals surface area contributed by atoms with Gasteiger partial charge in [0.05, 0.1) is 30.5 Å². The minimum absolute atomic E-state index is 0.0113. The van der Waals surface area contributed by atoms with Crippen molar-refractivity contribution < 1.29 is 9.53 Å². The van der Waals surface area contributed by atoms with Crippen molar-refractivity contribution in [3.63, 3.8) is 0 Å². The number of carbonyl (C=O) groups is 1. The van der Waals surface area contributed by atoms with Crippen molar-refractivity contribution in [2.75, 3.05) is 26.3 Å². The van der Waals surface area contributed by atoms with Crippen LogP contribution in [0, 0.1) is 0 Å². The van der Waals surface area contributed by atoms with Crippen molar-refractivity contribution >= 4 is 22.5 Å². The van der Waals surface area contributed by atoms with Crippen LogP contribution in [-0.2, 0) is 4.74 Å². The zero-order valence-electron chi connectivity index (χ0n) is 17.4. The molecule has 0 atom stereocenters. The number of fused-ring (bicyclic) bond motifs is 2. The van der Waals surface area contributed by atoms with Crippen LogP contribution in [0.15, 0.2) is 42.9 Å². The molecular weight excluding hydrogens is 390 g/mol. The smallest absolute Gasteiger partial charge is 0.257 e. The average Bonchev–Trinajstić information content (AvgIpc) is 3.58. The highest BCUT2D eigenvalue weighted by atomic mass is 16.5. The summed E-state index contributed by atoms with van der Waals surface area (Å²) in [7, 11) is 0. The van der Waals surface area contributed by atoms with Crippen LogP contribution in [-0.4, -0.2) is 56.7 Å². The summed E-state index contributed by atoms with van der Waals surface area (Å²) in [5, 5.41) is 5.50. The van der Waals surface area contributed by atoms with E-state index in [9.17, 15) is 4.79 Å². The number of aromatic amines is 1. The number of hydrogen-bond donors (Lipinski definition) is 1. The zero-order chi connectivity index (χ0) is 20.8. The first kappa shape index (κ1) is 18.6. The maximum Gasteiger partial charge on any atom is 0.257 e. The Bertz CT molecular complexity index is 1260. The fraction of sp³-hybridized carbons (Fsp3) is 0.375. The number of morpholine rings is 1. The number of ether oxygens (including phenoxy) is 1. The van der Waals surface area contributed by atoms with Crippen LogP contribution in [0.25, 0.3) is 27.7 Å². The van der Waals surface area contributed by atoms with E-state index in [4.69, 9.17) is 9.72 Å². The summed E-state index contributed by atoms with van der Waals surface area (Å²) in [6, 6.07) is 8.45. The van der Waals surface area contributed by atoms with Crippen LogP contribution in [0.2, 0.25) is 0 Å². The van der Waals surface area contributed by atoms with Crippen LogP contribution in [0.1, 0.15) is 47.7 Å². The van der Waals surface area contributed by atoms with Gasteiger partial charge < -0.3 is 14.6 Å². The van der Waals surface area contributed by atoms with Crippen LogP contribution >= 0.6 is 0 Å². The summed E-state index contributed by atoms with van der Waals surface area (Å²) in [6.45, 7) is 2.41. The van der Waals surface area contributed by atoms with Gasteiger partial charge in [0.25, 0.3) is 5.91 Å². The minimum atomic E-state index is 0.0113. The molecule has 0 spiro atoms. The molecule has 0 unspecified atom stereocenters. The molecule has 1 N–H and O–H groups in total.